The molecule has 1 aromatic rings. The fourth-order valence-corrected chi connectivity index (χ4v) is 3.80. The first-order valence-corrected chi connectivity index (χ1v) is 7.69. The topological polar surface area (TPSA) is 49.4 Å². The SMILES string of the molecule is CCCN(C1CNC1)S(=O)(=O)c1ccc(F)c(F)c1F. The van der Waals surface area contributed by atoms with Crippen molar-refractivity contribution in [3.63, 3.8) is 0 Å². The van der Waals surface area contributed by atoms with Gasteiger partial charge >= 0.3 is 0 Å². The third-order valence-corrected chi connectivity index (χ3v) is 5.17. The predicted octanol–water partition coefficient (Wildman–Crippen LogP) is 1.48. The summed E-state index contributed by atoms with van der Waals surface area (Å²) in [5.74, 6) is -4.85. The number of sulfonamides is 1. The van der Waals surface area contributed by atoms with E-state index in [0.29, 0.717) is 25.6 Å². The van der Waals surface area contributed by atoms with E-state index in [-0.39, 0.29) is 12.6 Å². The summed E-state index contributed by atoms with van der Waals surface area (Å²) in [5.41, 5.74) is 0. The Bertz CT molecular complexity index is 603. The number of nitrogens with one attached hydrogen (secondary N) is 1. The van der Waals surface area contributed by atoms with Gasteiger partial charge in [-0.1, -0.05) is 6.92 Å². The van der Waals surface area contributed by atoms with Gasteiger partial charge in [-0.3, -0.25) is 0 Å². The summed E-state index contributed by atoms with van der Waals surface area (Å²) in [6.45, 7) is 2.92. The molecule has 0 amide bonds. The van der Waals surface area contributed by atoms with E-state index in [1.54, 1.807) is 6.92 Å². The molecule has 0 atom stereocenters. The minimum atomic E-state index is -4.18. The predicted molar refractivity (Wildman–Crippen MR) is 67.2 cm³/mol. The number of benzene rings is 1. The van der Waals surface area contributed by atoms with Crippen LogP contribution in [0.15, 0.2) is 17.0 Å². The molecule has 112 valence electrons. The normalized spacial score (nSPS) is 16.4. The van der Waals surface area contributed by atoms with E-state index in [1.165, 1.54) is 0 Å². The maximum Gasteiger partial charge on any atom is 0.246 e. The zero-order valence-electron chi connectivity index (χ0n) is 10.9. The largest absolute Gasteiger partial charge is 0.313 e. The summed E-state index contributed by atoms with van der Waals surface area (Å²) in [7, 11) is -4.18. The lowest BCUT2D eigenvalue weighted by Crippen LogP contribution is -2.58. The van der Waals surface area contributed by atoms with E-state index in [0.717, 1.165) is 10.4 Å². The van der Waals surface area contributed by atoms with Crippen molar-refractivity contribution >= 4 is 10.0 Å². The van der Waals surface area contributed by atoms with Crippen molar-refractivity contribution in [3.05, 3.63) is 29.6 Å². The van der Waals surface area contributed by atoms with Crippen LogP contribution in [0.2, 0.25) is 0 Å². The third-order valence-electron chi connectivity index (χ3n) is 3.20. The summed E-state index contributed by atoms with van der Waals surface area (Å²) in [4.78, 5) is -0.822. The molecular weight excluding hydrogens is 293 g/mol. The van der Waals surface area contributed by atoms with Crippen molar-refractivity contribution in [2.45, 2.75) is 24.3 Å². The highest BCUT2D eigenvalue weighted by Crippen LogP contribution is 2.25. The second kappa shape index (κ2) is 5.71. The van der Waals surface area contributed by atoms with Crippen LogP contribution in [0.5, 0.6) is 0 Å². The first-order valence-electron chi connectivity index (χ1n) is 6.25. The van der Waals surface area contributed by atoms with Crippen LogP contribution in [0.25, 0.3) is 0 Å². The molecule has 20 heavy (non-hydrogen) atoms. The van der Waals surface area contributed by atoms with Gasteiger partial charge in [-0.2, -0.15) is 4.31 Å². The second-order valence-electron chi connectivity index (χ2n) is 4.60. The van der Waals surface area contributed by atoms with Crippen LogP contribution in [-0.4, -0.2) is 38.4 Å². The van der Waals surface area contributed by atoms with Crippen molar-refractivity contribution in [2.75, 3.05) is 19.6 Å². The van der Waals surface area contributed by atoms with E-state index in [9.17, 15) is 21.6 Å². The molecule has 1 aromatic carbocycles. The minimum Gasteiger partial charge on any atom is -0.313 e. The number of hydrogen-bond acceptors (Lipinski definition) is 3. The zero-order valence-corrected chi connectivity index (χ0v) is 11.7. The van der Waals surface area contributed by atoms with Gasteiger partial charge in [0, 0.05) is 19.6 Å². The summed E-state index contributed by atoms with van der Waals surface area (Å²) in [5, 5.41) is 2.92. The van der Waals surface area contributed by atoms with Crippen LogP contribution in [0.1, 0.15) is 13.3 Å². The number of nitrogens with zero attached hydrogens (tertiary/aromatic N) is 1. The van der Waals surface area contributed by atoms with E-state index in [2.05, 4.69) is 5.32 Å². The Hall–Kier alpha value is -1.12. The van der Waals surface area contributed by atoms with E-state index in [4.69, 9.17) is 0 Å². The fourth-order valence-electron chi connectivity index (χ4n) is 2.03. The number of hydrogen-bond donors (Lipinski definition) is 1. The molecule has 4 nitrogen and oxygen atoms in total. The molecule has 0 saturated carbocycles. The monoisotopic (exact) mass is 308 g/mol. The molecule has 8 heteroatoms. The molecule has 2 rings (SSSR count). The van der Waals surface area contributed by atoms with E-state index in [1.807, 2.05) is 0 Å². The van der Waals surface area contributed by atoms with Crippen molar-refractivity contribution < 1.29 is 21.6 Å². The molecule has 0 aliphatic carbocycles. The molecule has 0 radical (unpaired) electrons. The lowest BCUT2D eigenvalue weighted by molar-refractivity contribution is 0.241. The molecule has 1 saturated heterocycles. The Morgan fingerprint density at radius 3 is 2.40 bits per heavy atom. The molecule has 0 unspecified atom stereocenters. The molecule has 1 fully saturated rings. The Kier molecular flexibility index (Phi) is 4.36. The summed E-state index contributed by atoms with van der Waals surface area (Å²) in [6, 6.07) is 1.10. The van der Waals surface area contributed by atoms with Crippen molar-refractivity contribution in [2.24, 2.45) is 0 Å². The van der Waals surface area contributed by atoms with Gasteiger partial charge in [0.05, 0.1) is 6.04 Å². The quantitative estimate of drug-likeness (QED) is 0.838. The van der Waals surface area contributed by atoms with Gasteiger partial charge in [0.1, 0.15) is 4.90 Å². The van der Waals surface area contributed by atoms with Crippen LogP contribution < -0.4 is 5.32 Å². The third kappa shape index (κ3) is 2.55. The standard InChI is InChI=1S/C12H15F3N2O2S/c1-2-5-17(8-6-16-7-8)20(18,19)10-4-3-9(13)11(14)12(10)15/h3-4,8,16H,2,5-7H2,1H3. The average Bonchev–Trinajstić information content (AvgIpc) is 2.33. The lowest BCUT2D eigenvalue weighted by Gasteiger charge is -2.37. The van der Waals surface area contributed by atoms with Crippen molar-refractivity contribution in [1.82, 2.24) is 9.62 Å². The lowest BCUT2D eigenvalue weighted by atomic mass is 10.2. The second-order valence-corrected chi connectivity index (χ2v) is 6.46. The van der Waals surface area contributed by atoms with Gasteiger partial charge < -0.3 is 5.32 Å². The highest BCUT2D eigenvalue weighted by atomic mass is 32.2. The van der Waals surface area contributed by atoms with E-state index < -0.39 is 32.4 Å². The van der Waals surface area contributed by atoms with Gasteiger partial charge in [0.15, 0.2) is 17.5 Å². The number of halogens is 3. The van der Waals surface area contributed by atoms with Crippen LogP contribution in [0, 0.1) is 17.5 Å². The Labute approximate surface area is 115 Å². The van der Waals surface area contributed by atoms with Crippen molar-refractivity contribution in [1.29, 1.82) is 0 Å². The zero-order chi connectivity index (χ0) is 14.9. The smallest absolute Gasteiger partial charge is 0.246 e. The van der Waals surface area contributed by atoms with Crippen LogP contribution in [0.4, 0.5) is 13.2 Å². The highest BCUT2D eigenvalue weighted by Gasteiger charge is 2.36. The fraction of sp³-hybridized carbons (Fsp3) is 0.500. The maximum absolute atomic E-state index is 13.7. The van der Waals surface area contributed by atoms with Gasteiger partial charge in [0.2, 0.25) is 10.0 Å². The van der Waals surface area contributed by atoms with Crippen LogP contribution in [-0.2, 0) is 10.0 Å². The molecule has 0 spiro atoms. The first-order chi connectivity index (χ1) is 9.39. The molecule has 1 aliphatic rings. The molecule has 1 N–H and O–H groups in total. The van der Waals surface area contributed by atoms with Gasteiger partial charge in [-0.15, -0.1) is 0 Å². The van der Waals surface area contributed by atoms with E-state index >= 15 is 0 Å². The van der Waals surface area contributed by atoms with Gasteiger partial charge in [-0.05, 0) is 18.6 Å². The molecule has 0 bridgehead atoms. The highest BCUT2D eigenvalue weighted by molar-refractivity contribution is 7.89. The minimum absolute atomic E-state index is 0.202. The summed E-state index contributed by atoms with van der Waals surface area (Å²) < 4.78 is 65.8. The average molecular weight is 308 g/mol. The van der Waals surface area contributed by atoms with Crippen LogP contribution in [0.3, 0.4) is 0 Å². The van der Waals surface area contributed by atoms with Gasteiger partial charge in [-0.25, -0.2) is 21.6 Å². The van der Waals surface area contributed by atoms with Gasteiger partial charge in [0.25, 0.3) is 0 Å². The summed E-state index contributed by atoms with van der Waals surface area (Å²) in [6.07, 6.45) is 0.543. The Morgan fingerprint density at radius 1 is 1.25 bits per heavy atom. The molecular formula is C12H15F3N2O2S. The van der Waals surface area contributed by atoms with Crippen molar-refractivity contribution in [3.8, 4) is 0 Å². The summed E-state index contributed by atoms with van der Waals surface area (Å²) >= 11 is 0. The molecule has 0 aromatic heterocycles. The Balaban J connectivity index is 2.45. The first kappa shape index (κ1) is 15.3. The molecule has 1 aliphatic heterocycles. The van der Waals surface area contributed by atoms with Crippen LogP contribution >= 0.6 is 0 Å². The number of rotatable bonds is 5. The molecule has 1 heterocycles. The maximum atomic E-state index is 13.7. The Morgan fingerprint density at radius 2 is 1.90 bits per heavy atom.